The highest BCUT2D eigenvalue weighted by molar-refractivity contribution is 6.30. The van der Waals surface area contributed by atoms with E-state index in [1.165, 1.54) is 25.3 Å². The van der Waals surface area contributed by atoms with E-state index in [9.17, 15) is 14.0 Å². The van der Waals surface area contributed by atoms with Crippen LogP contribution in [-0.2, 0) is 14.3 Å². The molecular formula is C23H22ClFO5. The lowest BCUT2D eigenvalue weighted by atomic mass is 9.73. The van der Waals surface area contributed by atoms with Crippen LogP contribution < -0.4 is 9.47 Å². The molecule has 7 heteroatoms. The summed E-state index contributed by atoms with van der Waals surface area (Å²) in [5.74, 6) is -2.00. The van der Waals surface area contributed by atoms with E-state index < -0.39 is 23.6 Å². The van der Waals surface area contributed by atoms with Gasteiger partial charge in [-0.25, -0.2) is 4.39 Å². The van der Waals surface area contributed by atoms with Gasteiger partial charge in [-0.1, -0.05) is 23.7 Å². The molecule has 0 radical (unpaired) electrons. The molecule has 2 atom stereocenters. The molecular weight excluding hydrogens is 411 g/mol. The molecule has 0 bridgehead atoms. The summed E-state index contributed by atoms with van der Waals surface area (Å²) in [6, 6.07) is 9.58. The third kappa shape index (κ3) is 4.33. The average molecular weight is 433 g/mol. The van der Waals surface area contributed by atoms with E-state index in [-0.39, 0.29) is 17.4 Å². The number of methoxy groups -OCH3 is 2. The molecule has 0 spiro atoms. The number of ketones is 1. The number of hydrogen-bond acceptors (Lipinski definition) is 5. The molecule has 5 nitrogen and oxygen atoms in total. The Bertz CT molecular complexity index is 1000. The fourth-order valence-electron chi connectivity index (χ4n) is 3.68. The summed E-state index contributed by atoms with van der Waals surface area (Å²) in [5.41, 5.74) is 2.09. The van der Waals surface area contributed by atoms with Crippen LogP contribution in [0.15, 0.2) is 42.5 Å². The highest BCUT2D eigenvalue weighted by atomic mass is 35.5. The first kappa shape index (κ1) is 21.8. The van der Waals surface area contributed by atoms with E-state index in [0.717, 1.165) is 11.1 Å². The smallest absolute Gasteiger partial charge is 0.317 e. The Morgan fingerprint density at radius 2 is 1.87 bits per heavy atom. The molecule has 0 N–H and O–H groups in total. The number of rotatable bonds is 6. The Morgan fingerprint density at radius 1 is 1.13 bits per heavy atom. The molecule has 1 aliphatic rings. The Morgan fingerprint density at radius 3 is 2.50 bits per heavy atom. The molecule has 0 saturated carbocycles. The van der Waals surface area contributed by atoms with Gasteiger partial charge in [0.25, 0.3) is 0 Å². The lowest BCUT2D eigenvalue weighted by Crippen LogP contribution is -2.34. The number of esters is 1. The van der Waals surface area contributed by atoms with Crippen molar-refractivity contribution in [3.63, 3.8) is 0 Å². The van der Waals surface area contributed by atoms with Gasteiger partial charge in [-0.2, -0.15) is 0 Å². The largest absolute Gasteiger partial charge is 0.493 e. The van der Waals surface area contributed by atoms with Gasteiger partial charge in [-0.3, -0.25) is 9.59 Å². The maximum absolute atomic E-state index is 13.7. The molecule has 1 aliphatic carbocycles. The number of carbonyl (C=O) groups is 2. The second kappa shape index (κ2) is 9.30. The molecule has 2 aromatic carbocycles. The lowest BCUT2D eigenvalue weighted by molar-refractivity contribution is -0.151. The van der Waals surface area contributed by atoms with E-state index >= 15 is 0 Å². The third-order valence-electron chi connectivity index (χ3n) is 5.13. The molecule has 0 fully saturated rings. The highest BCUT2D eigenvalue weighted by Gasteiger charge is 2.40. The van der Waals surface area contributed by atoms with E-state index in [2.05, 4.69) is 0 Å². The second-order valence-electron chi connectivity index (χ2n) is 6.86. The Hall–Kier alpha value is -2.86. The predicted octanol–water partition coefficient (Wildman–Crippen LogP) is 4.82. The van der Waals surface area contributed by atoms with Crippen LogP contribution in [0.1, 0.15) is 30.4 Å². The minimum absolute atomic E-state index is 0.0650. The minimum atomic E-state index is -1.02. The van der Waals surface area contributed by atoms with Crippen molar-refractivity contribution in [3.05, 3.63) is 64.4 Å². The van der Waals surface area contributed by atoms with Crippen LogP contribution in [0.25, 0.3) is 5.57 Å². The molecule has 158 valence electrons. The average Bonchev–Trinajstić information content (AvgIpc) is 2.74. The van der Waals surface area contributed by atoms with Crippen molar-refractivity contribution in [1.29, 1.82) is 0 Å². The number of allylic oxidation sites excluding steroid dienone is 2. The zero-order chi connectivity index (χ0) is 21.8. The van der Waals surface area contributed by atoms with Crippen LogP contribution in [0, 0.1) is 11.7 Å². The number of carbonyl (C=O) groups excluding carboxylic acids is 2. The van der Waals surface area contributed by atoms with Gasteiger partial charge in [0.1, 0.15) is 11.7 Å². The van der Waals surface area contributed by atoms with Crippen molar-refractivity contribution < 1.29 is 28.2 Å². The van der Waals surface area contributed by atoms with Crippen molar-refractivity contribution >= 4 is 28.9 Å². The molecule has 3 rings (SSSR count). The normalized spacial score (nSPS) is 18.6. The van der Waals surface area contributed by atoms with Gasteiger partial charge in [0.05, 0.1) is 25.8 Å². The Kier molecular flexibility index (Phi) is 6.77. The first-order chi connectivity index (χ1) is 14.4. The maximum atomic E-state index is 13.7. The summed E-state index contributed by atoms with van der Waals surface area (Å²) in [5, 5.41) is -0.0650. The molecule has 0 amide bonds. The van der Waals surface area contributed by atoms with E-state index in [4.69, 9.17) is 25.8 Å². The highest BCUT2D eigenvalue weighted by Crippen LogP contribution is 2.42. The van der Waals surface area contributed by atoms with Crippen LogP contribution in [0.5, 0.6) is 11.5 Å². The van der Waals surface area contributed by atoms with Crippen LogP contribution in [-0.4, -0.2) is 32.6 Å². The quantitative estimate of drug-likeness (QED) is 0.484. The van der Waals surface area contributed by atoms with Gasteiger partial charge in [-0.15, -0.1) is 0 Å². The summed E-state index contributed by atoms with van der Waals surface area (Å²) >= 11 is 5.96. The van der Waals surface area contributed by atoms with Crippen LogP contribution >= 0.6 is 11.6 Å². The third-order valence-corrected chi connectivity index (χ3v) is 5.42. The van der Waals surface area contributed by atoms with Crippen LogP contribution in [0.2, 0.25) is 5.02 Å². The van der Waals surface area contributed by atoms with E-state index in [0.29, 0.717) is 23.5 Å². The lowest BCUT2D eigenvalue weighted by Gasteiger charge is -2.29. The van der Waals surface area contributed by atoms with Gasteiger partial charge < -0.3 is 14.2 Å². The molecule has 2 unspecified atom stereocenters. The monoisotopic (exact) mass is 432 g/mol. The first-order valence-electron chi connectivity index (χ1n) is 9.48. The minimum Gasteiger partial charge on any atom is -0.493 e. The molecule has 0 aromatic heterocycles. The molecule has 0 aliphatic heterocycles. The van der Waals surface area contributed by atoms with Crippen molar-refractivity contribution in [2.75, 3.05) is 20.8 Å². The topological polar surface area (TPSA) is 61.8 Å². The van der Waals surface area contributed by atoms with Gasteiger partial charge in [-0.05, 0) is 60.4 Å². The van der Waals surface area contributed by atoms with Crippen LogP contribution in [0.3, 0.4) is 0 Å². The number of halogens is 2. The number of hydrogen-bond donors (Lipinski definition) is 0. The number of benzene rings is 2. The summed E-state index contributed by atoms with van der Waals surface area (Å²) in [4.78, 5) is 25.5. The number of ether oxygens (including phenoxy) is 3. The first-order valence-corrected chi connectivity index (χ1v) is 9.85. The zero-order valence-electron chi connectivity index (χ0n) is 16.9. The van der Waals surface area contributed by atoms with E-state index in [1.54, 1.807) is 32.2 Å². The summed E-state index contributed by atoms with van der Waals surface area (Å²) in [6.45, 7) is 1.84. The van der Waals surface area contributed by atoms with Gasteiger partial charge >= 0.3 is 5.97 Å². The van der Waals surface area contributed by atoms with Crippen molar-refractivity contribution in [3.8, 4) is 11.5 Å². The van der Waals surface area contributed by atoms with Gasteiger partial charge in [0, 0.05) is 5.92 Å². The zero-order valence-corrected chi connectivity index (χ0v) is 17.7. The standard InChI is InChI=1S/C23H22ClFO5/c1-4-30-23(27)22-16(14-5-7-18(25)17(24)10-14)9-15(11-19(22)26)13-6-8-20(28-2)21(12-13)29-3/h5-8,10-12,16,22H,4,9H2,1-3H3. The fraction of sp³-hybridized carbons (Fsp3) is 0.304. The maximum Gasteiger partial charge on any atom is 0.317 e. The Labute approximate surface area is 179 Å². The van der Waals surface area contributed by atoms with Crippen LogP contribution in [0.4, 0.5) is 4.39 Å². The SMILES string of the molecule is CCOC(=O)C1C(=O)C=C(c2ccc(OC)c(OC)c2)CC1c1ccc(F)c(Cl)c1. The van der Waals surface area contributed by atoms with E-state index in [1.807, 2.05) is 6.07 Å². The second-order valence-corrected chi connectivity index (χ2v) is 7.26. The van der Waals surface area contributed by atoms with Crippen molar-refractivity contribution in [2.45, 2.75) is 19.3 Å². The van der Waals surface area contributed by atoms with Gasteiger partial charge in [0.2, 0.25) is 0 Å². The van der Waals surface area contributed by atoms with Crippen molar-refractivity contribution in [1.82, 2.24) is 0 Å². The van der Waals surface area contributed by atoms with Crippen molar-refractivity contribution in [2.24, 2.45) is 5.92 Å². The molecule has 0 heterocycles. The predicted molar refractivity (Wildman–Crippen MR) is 111 cm³/mol. The van der Waals surface area contributed by atoms with Gasteiger partial charge in [0.15, 0.2) is 17.3 Å². The molecule has 0 saturated heterocycles. The molecule has 2 aromatic rings. The molecule has 30 heavy (non-hydrogen) atoms. The summed E-state index contributed by atoms with van der Waals surface area (Å²) < 4.78 is 29.4. The fourth-order valence-corrected chi connectivity index (χ4v) is 3.87. The Balaban J connectivity index is 2.06. The summed E-state index contributed by atoms with van der Waals surface area (Å²) in [6.07, 6.45) is 1.83. The summed E-state index contributed by atoms with van der Waals surface area (Å²) in [7, 11) is 3.07.